The van der Waals surface area contributed by atoms with E-state index in [9.17, 15) is 18.4 Å². The maximum Gasteiger partial charge on any atom is 0.307 e. The van der Waals surface area contributed by atoms with Crippen molar-refractivity contribution in [3.05, 3.63) is 29.8 Å². The summed E-state index contributed by atoms with van der Waals surface area (Å²) in [6.45, 7) is 1.53. The highest BCUT2D eigenvalue weighted by Gasteiger charge is 2.13. The van der Waals surface area contributed by atoms with Gasteiger partial charge in [-0.3, -0.25) is 9.59 Å². The Labute approximate surface area is 113 Å². The zero-order valence-electron chi connectivity index (χ0n) is 10.2. The lowest BCUT2D eigenvalue weighted by atomic mass is 10.2. The molecule has 0 saturated carbocycles. The predicted octanol–water partition coefficient (Wildman–Crippen LogP) is 2.36. The van der Waals surface area contributed by atoms with Crippen LogP contribution in [0.4, 0.5) is 14.5 Å². The Morgan fingerprint density at radius 3 is 2.74 bits per heavy atom. The molecule has 0 spiro atoms. The largest absolute Gasteiger partial charge is 0.481 e. The molecule has 1 amide bonds. The van der Waals surface area contributed by atoms with E-state index in [-0.39, 0.29) is 17.2 Å². The van der Waals surface area contributed by atoms with E-state index in [4.69, 9.17) is 5.11 Å². The van der Waals surface area contributed by atoms with Crippen molar-refractivity contribution in [1.82, 2.24) is 0 Å². The number of carboxylic acid groups (broad SMARTS) is 1. The minimum absolute atomic E-state index is 0.0203. The third-order valence-corrected chi connectivity index (χ3v) is 3.43. The third kappa shape index (κ3) is 5.25. The first-order valence-electron chi connectivity index (χ1n) is 5.45. The molecule has 0 fully saturated rings. The van der Waals surface area contributed by atoms with Crippen LogP contribution in [0.15, 0.2) is 18.2 Å². The number of rotatable bonds is 6. The van der Waals surface area contributed by atoms with Crippen molar-refractivity contribution < 1.29 is 23.5 Å². The summed E-state index contributed by atoms with van der Waals surface area (Å²) < 4.78 is 26.1. The Kier molecular flexibility index (Phi) is 5.75. The van der Waals surface area contributed by atoms with E-state index in [1.54, 1.807) is 0 Å². The lowest BCUT2D eigenvalue weighted by molar-refractivity contribution is -0.140. The molecule has 0 aliphatic heterocycles. The first kappa shape index (κ1) is 15.4. The van der Waals surface area contributed by atoms with Crippen molar-refractivity contribution in [3.63, 3.8) is 0 Å². The lowest BCUT2D eigenvalue weighted by Gasteiger charge is -2.07. The highest BCUT2D eigenvalue weighted by molar-refractivity contribution is 8.00. The summed E-state index contributed by atoms with van der Waals surface area (Å²) in [5.74, 6) is -3.13. The molecule has 0 saturated heterocycles. The Balaban J connectivity index is 2.43. The molecule has 1 atom stereocenters. The zero-order chi connectivity index (χ0) is 14.4. The molecule has 0 aliphatic carbocycles. The molecular weight excluding hydrogens is 276 g/mol. The van der Waals surface area contributed by atoms with Gasteiger partial charge in [-0.25, -0.2) is 8.78 Å². The van der Waals surface area contributed by atoms with E-state index in [0.717, 1.165) is 30.0 Å². The number of nitrogens with one attached hydrogen (secondary N) is 1. The Morgan fingerprint density at radius 1 is 1.42 bits per heavy atom. The van der Waals surface area contributed by atoms with Gasteiger partial charge < -0.3 is 10.4 Å². The predicted molar refractivity (Wildman–Crippen MR) is 69.1 cm³/mol. The van der Waals surface area contributed by atoms with Gasteiger partial charge >= 0.3 is 5.97 Å². The molecule has 104 valence electrons. The average Bonchev–Trinajstić information content (AvgIpc) is 2.33. The second kappa shape index (κ2) is 7.08. The second-order valence-electron chi connectivity index (χ2n) is 3.93. The Hall–Kier alpha value is -1.63. The SMILES string of the molecule is CC(CSCC(=O)Nc1cc(F)ccc1F)C(=O)O. The number of hydrogen-bond acceptors (Lipinski definition) is 3. The van der Waals surface area contributed by atoms with Gasteiger partial charge in [0.05, 0.1) is 17.4 Å². The minimum Gasteiger partial charge on any atom is -0.481 e. The molecule has 0 radical (unpaired) electrons. The highest BCUT2D eigenvalue weighted by Crippen LogP contribution is 2.16. The molecule has 2 N–H and O–H groups in total. The van der Waals surface area contributed by atoms with Gasteiger partial charge in [0.1, 0.15) is 11.6 Å². The fourth-order valence-electron chi connectivity index (χ4n) is 1.18. The highest BCUT2D eigenvalue weighted by atomic mass is 32.2. The number of amides is 1. The molecule has 7 heteroatoms. The summed E-state index contributed by atoms with van der Waals surface area (Å²) in [6, 6.07) is 2.76. The summed E-state index contributed by atoms with van der Waals surface area (Å²) >= 11 is 1.12. The van der Waals surface area contributed by atoms with Gasteiger partial charge in [0.2, 0.25) is 5.91 Å². The number of carboxylic acids is 1. The Bertz CT molecular complexity index is 482. The normalized spacial score (nSPS) is 11.9. The van der Waals surface area contributed by atoms with Crippen LogP contribution in [0.3, 0.4) is 0 Å². The molecule has 1 rings (SSSR count). The van der Waals surface area contributed by atoms with Crippen LogP contribution in [-0.2, 0) is 9.59 Å². The number of thioether (sulfide) groups is 1. The van der Waals surface area contributed by atoms with Crippen LogP contribution in [0.1, 0.15) is 6.92 Å². The van der Waals surface area contributed by atoms with Crippen LogP contribution in [0, 0.1) is 17.6 Å². The van der Waals surface area contributed by atoms with E-state index in [0.29, 0.717) is 0 Å². The maximum absolute atomic E-state index is 13.2. The summed E-state index contributed by atoms with van der Waals surface area (Å²) in [4.78, 5) is 22.0. The standard InChI is InChI=1S/C12H13F2NO3S/c1-7(12(17)18)5-19-6-11(16)15-10-4-8(13)2-3-9(10)14/h2-4,7H,5-6H2,1H3,(H,15,16)(H,17,18). The van der Waals surface area contributed by atoms with E-state index < -0.39 is 29.4 Å². The molecule has 1 aromatic rings. The van der Waals surface area contributed by atoms with Gasteiger partial charge in [0.15, 0.2) is 0 Å². The summed E-state index contributed by atoms with van der Waals surface area (Å²) in [6.07, 6.45) is 0. The van der Waals surface area contributed by atoms with Gasteiger partial charge in [0, 0.05) is 11.8 Å². The number of carbonyl (C=O) groups excluding carboxylic acids is 1. The van der Waals surface area contributed by atoms with Crippen LogP contribution in [-0.4, -0.2) is 28.5 Å². The Morgan fingerprint density at radius 2 is 2.11 bits per heavy atom. The maximum atomic E-state index is 13.2. The molecule has 0 aliphatic rings. The molecule has 1 aromatic carbocycles. The van der Waals surface area contributed by atoms with Gasteiger partial charge in [-0.2, -0.15) is 11.8 Å². The molecule has 0 heterocycles. The number of anilines is 1. The van der Waals surface area contributed by atoms with Crippen molar-refractivity contribution in [3.8, 4) is 0 Å². The van der Waals surface area contributed by atoms with Crippen molar-refractivity contribution in [2.75, 3.05) is 16.8 Å². The fraction of sp³-hybridized carbons (Fsp3) is 0.333. The molecule has 1 unspecified atom stereocenters. The fourth-order valence-corrected chi connectivity index (χ4v) is 2.05. The van der Waals surface area contributed by atoms with Crippen LogP contribution >= 0.6 is 11.8 Å². The molecule has 4 nitrogen and oxygen atoms in total. The first-order valence-corrected chi connectivity index (χ1v) is 6.61. The van der Waals surface area contributed by atoms with Crippen molar-refractivity contribution in [2.24, 2.45) is 5.92 Å². The first-order chi connectivity index (χ1) is 8.90. The lowest BCUT2D eigenvalue weighted by Crippen LogP contribution is -2.18. The molecule has 0 aromatic heterocycles. The van der Waals surface area contributed by atoms with Crippen LogP contribution in [0.5, 0.6) is 0 Å². The summed E-state index contributed by atoms with van der Waals surface area (Å²) in [7, 11) is 0. The summed E-state index contributed by atoms with van der Waals surface area (Å²) in [5.41, 5.74) is -0.225. The van der Waals surface area contributed by atoms with E-state index in [1.165, 1.54) is 6.92 Å². The number of halogens is 2. The number of carbonyl (C=O) groups is 2. The van der Waals surface area contributed by atoms with E-state index >= 15 is 0 Å². The van der Waals surface area contributed by atoms with Gasteiger partial charge in [-0.1, -0.05) is 6.92 Å². The zero-order valence-corrected chi connectivity index (χ0v) is 11.0. The van der Waals surface area contributed by atoms with Crippen molar-refractivity contribution >= 4 is 29.3 Å². The summed E-state index contributed by atoms with van der Waals surface area (Å²) in [5, 5.41) is 10.9. The van der Waals surface area contributed by atoms with Crippen LogP contribution in [0.25, 0.3) is 0 Å². The van der Waals surface area contributed by atoms with E-state index in [1.807, 2.05) is 0 Å². The molecular formula is C12H13F2NO3S. The van der Waals surface area contributed by atoms with Crippen LogP contribution in [0.2, 0.25) is 0 Å². The topological polar surface area (TPSA) is 66.4 Å². The molecule has 19 heavy (non-hydrogen) atoms. The number of hydrogen-bond donors (Lipinski definition) is 2. The number of benzene rings is 1. The second-order valence-corrected chi connectivity index (χ2v) is 4.96. The molecule has 0 bridgehead atoms. The van der Waals surface area contributed by atoms with Crippen molar-refractivity contribution in [2.45, 2.75) is 6.92 Å². The number of aliphatic carboxylic acids is 1. The van der Waals surface area contributed by atoms with Crippen molar-refractivity contribution in [1.29, 1.82) is 0 Å². The van der Waals surface area contributed by atoms with Crippen LogP contribution < -0.4 is 5.32 Å². The van der Waals surface area contributed by atoms with Gasteiger partial charge in [-0.15, -0.1) is 0 Å². The van der Waals surface area contributed by atoms with E-state index in [2.05, 4.69) is 5.32 Å². The smallest absolute Gasteiger partial charge is 0.307 e. The van der Waals surface area contributed by atoms with Gasteiger partial charge in [0.25, 0.3) is 0 Å². The monoisotopic (exact) mass is 289 g/mol. The third-order valence-electron chi connectivity index (χ3n) is 2.23. The average molecular weight is 289 g/mol. The minimum atomic E-state index is -0.941. The quantitative estimate of drug-likeness (QED) is 0.843. The van der Waals surface area contributed by atoms with Gasteiger partial charge in [-0.05, 0) is 12.1 Å².